The van der Waals surface area contributed by atoms with E-state index in [1.54, 1.807) is 0 Å². The monoisotopic (exact) mass is 390 g/mol. The predicted octanol–water partition coefficient (Wildman–Crippen LogP) is 2.96. The molecule has 0 bridgehead atoms. The summed E-state index contributed by atoms with van der Waals surface area (Å²) in [7, 11) is 2.11. The van der Waals surface area contributed by atoms with Crippen molar-refractivity contribution < 1.29 is 13.8 Å². The van der Waals surface area contributed by atoms with Crippen molar-refractivity contribution in [1.82, 2.24) is 19.9 Å². The lowest BCUT2D eigenvalue weighted by molar-refractivity contribution is -0.933. The van der Waals surface area contributed by atoms with Crippen molar-refractivity contribution in [3.05, 3.63) is 66.0 Å². The Morgan fingerprint density at radius 2 is 2.00 bits per heavy atom. The molecule has 0 aliphatic carbocycles. The SMILES string of the molecule is Cc1onc(-c2ccccc2)c1-c1nnc(C[NH+]2CCC[C@@H]2c2cccn2C)o1. The molecular formula is C22H24N5O2+. The van der Waals surface area contributed by atoms with Crippen molar-refractivity contribution in [2.24, 2.45) is 7.05 Å². The summed E-state index contributed by atoms with van der Waals surface area (Å²) in [6, 6.07) is 14.7. The Bertz CT molecular complexity index is 1110. The van der Waals surface area contributed by atoms with Gasteiger partial charge in [0.1, 0.15) is 23.1 Å². The Morgan fingerprint density at radius 3 is 2.79 bits per heavy atom. The van der Waals surface area contributed by atoms with Crippen molar-refractivity contribution >= 4 is 0 Å². The summed E-state index contributed by atoms with van der Waals surface area (Å²) in [6.45, 7) is 3.69. The number of aromatic nitrogens is 4. The van der Waals surface area contributed by atoms with Gasteiger partial charge in [-0.2, -0.15) is 0 Å². The second-order valence-electron chi connectivity index (χ2n) is 7.65. The first-order valence-electron chi connectivity index (χ1n) is 10.0. The van der Waals surface area contributed by atoms with Gasteiger partial charge in [0.2, 0.25) is 0 Å². The van der Waals surface area contributed by atoms with E-state index in [0.29, 0.717) is 30.1 Å². The molecule has 1 aliphatic rings. The van der Waals surface area contributed by atoms with E-state index in [-0.39, 0.29) is 0 Å². The molecule has 1 fully saturated rings. The second-order valence-corrected chi connectivity index (χ2v) is 7.65. The molecule has 7 heteroatoms. The predicted molar refractivity (Wildman–Crippen MR) is 107 cm³/mol. The molecule has 7 nitrogen and oxygen atoms in total. The van der Waals surface area contributed by atoms with Crippen LogP contribution in [0, 0.1) is 6.92 Å². The molecule has 2 atom stereocenters. The minimum absolute atomic E-state index is 0.461. The summed E-state index contributed by atoms with van der Waals surface area (Å²) in [5.41, 5.74) is 3.82. The Hall–Kier alpha value is -3.19. The molecule has 0 saturated carbocycles. The molecule has 0 spiro atoms. The second kappa shape index (κ2) is 7.33. The molecule has 3 aromatic heterocycles. The van der Waals surface area contributed by atoms with E-state index >= 15 is 0 Å². The fraction of sp³-hybridized carbons (Fsp3) is 0.318. The van der Waals surface area contributed by atoms with Gasteiger partial charge in [0, 0.05) is 31.6 Å². The van der Waals surface area contributed by atoms with E-state index in [0.717, 1.165) is 23.4 Å². The van der Waals surface area contributed by atoms with E-state index in [1.165, 1.54) is 23.4 Å². The van der Waals surface area contributed by atoms with Gasteiger partial charge in [-0.25, -0.2) is 0 Å². The number of hydrogen-bond acceptors (Lipinski definition) is 5. The number of nitrogens with one attached hydrogen (secondary N) is 1. The third-order valence-electron chi connectivity index (χ3n) is 5.79. The number of quaternary nitrogens is 1. The van der Waals surface area contributed by atoms with Gasteiger partial charge < -0.3 is 18.4 Å². The average Bonchev–Trinajstić information content (AvgIpc) is 3.51. The summed E-state index contributed by atoms with van der Waals surface area (Å²) in [6.07, 6.45) is 4.49. The molecule has 1 unspecified atom stereocenters. The van der Waals surface area contributed by atoms with Crippen LogP contribution in [0.2, 0.25) is 0 Å². The standard InChI is InChI=1S/C22H23N5O2/c1-15-20(21(25-29-15)16-8-4-3-5-9-16)22-24-23-19(28-22)14-27-13-7-11-18(27)17-10-6-12-26(17)2/h3-6,8-10,12,18H,7,11,13-14H2,1-2H3/p+1/t18-/m1/s1. The van der Waals surface area contributed by atoms with E-state index < -0.39 is 0 Å². The summed E-state index contributed by atoms with van der Waals surface area (Å²) in [5, 5.41) is 12.9. The first-order chi connectivity index (χ1) is 14.2. The third-order valence-corrected chi connectivity index (χ3v) is 5.79. The molecule has 4 heterocycles. The highest BCUT2D eigenvalue weighted by Gasteiger charge is 2.33. The van der Waals surface area contributed by atoms with E-state index in [4.69, 9.17) is 8.94 Å². The Labute approximate surface area is 168 Å². The number of nitrogens with zero attached hydrogens (tertiary/aromatic N) is 4. The molecule has 148 valence electrons. The van der Waals surface area contributed by atoms with Gasteiger partial charge in [-0.15, -0.1) is 10.2 Å². The van der Waals surface area contributed by atoms with Gasteiger partial charge in [-0.3, -0.25) is 0 Å². The lowest BCUT2D eigenvalue weighted by Crippen LogP contribution is -3.09. The first kappa shape index (κ1) is 17.9. The zero-order valence-corrected chi connectivity index (χ0v) is 16.6. The van der Waals surface area contributed by atoms with Gasteiger partial charge >= 0.3 is 0 Å². The van der Waals surface area contributed by atoms with E-state index in [9.17, 15) is 0 Å². The fourth-order valence-electron chi connectivity index (χ4n) is 4.35. The molecule has 1 aliphatic heterocycles. The number of rotatable bonds is 5. The van der Waals surface area contributed by atoms with Crippen LogP contribution in [0.4, 0.5) is 0 Å². The van der Waals surface area contributed by atoms with Crippen molar-refractivity contribution in [3.8, 4) is 22.7 Å². The molecule has 5 rings (SSSR count). The Balaban J connectivity index is 1.41. The highest BCUT2D eigenvalue weighted by molar-refractivity contribution is 5.77. The van der Waals surface area contributed by atoms with Crippen LogP contribution in [0.3, 0.4) is 0 Å². The topological polar surface area (TPSA) is 74.3 Å². The van der Waals surface area contributed by atoms with Crippen molar-refractivity contribution in [1.29, 1.82) is 0 Å². The van der Waals surface area contributed by atoms with Crippen LogP contribution < -0.4 is 4.90 Å². The summed E-state index contributed by atoms with van der Waals surface area (Å²) in [4.78, 5) is 1.47. The van der Waals surface area contributed by atoms with Gasteiger partial charge in [-0.05, 0) is 19.1 Å². The van der Waals surface area contributed by atoms with Crippen molar-refractivity contribution in [3.63, 3.8) is 0 Å². The van der Waals surface area contributed by atoms with Crippen LogP contribution in [-0.4, -0.2) is 26.5 Å². The number of hydrogen-bond donors (Lipinski definition) is 1. The van der Waals surface area contributed by atoms with Gasteiger partial charge in [0.05, 0.1) is 12.2 Å². The molecule has 1 N–H and O–H groups in total. The first-order valence-corrected chi connectivity index (χ1v) is 10.0. The van der Waals surface area contributed by atoms with Crippen LogP contribution in [-0.2, 0) is 13.6 Å². The highest BCUT2D eigenvalue weighted by atomic mass is 16.5. The minimum Gasteiger partial charge on any atom is -0.415 e. The summed E-state index contributed by atoms with van der Waals surface area (Å²) >= 11 is 0. The fourth-order valence-corrected chi connectivity index (χ4v) is 4.35. The van der Waals surface area contributed by atoms with Crippen molar-refractivity contribution in [2.45, 2.75) is 32.4 Å². The zero-order chi connectivity index (χ0) is 19.8. The van der Waals surface area contributed by atoms with E-state index in [2.05, 4.69) is 45.3 Å². The van der Waals surface area contributed by atoms with E-state index in [1.807, 2.05) is 37.3 Å². The Kier molecular flexibility index (Phi) is 4.52. The zero-order valence-electron chi connectivity index (χ0n) is 16.6. The smallest absolute Gasteiger partial charge is 0.271 e. The maximum atomic E-state index is 6.08. The van der Waals surface area contributed by atoms with Crippen LogP contribution >= 0.6 is 0 Å². The normalized spacial score (nSPS) is 19.1. The van der Waals surface area contributed by atoms with Gasteiger partial charge in [-0.1, -0.05) is 35.5 Å². The molecule has 29 heavy (non-hydrogen) atoms. The van der Waals surface area contributed by atoms with Crippen LogP contribution in [0.15, 0.2) is 57.6 Å². The van der Waals surface area contributed by atoms with Crippen LogP contribution in [0.25, 0.3) is 22.7 Å². The Morgan fingerprint density at radius 1 is 1.14 bits per heavy atom. The van der Waals surface area contributed by atoms with Gasteiger partial charge in [0.15, 0.2) is 6.54 Å². The van der Waals surface area contributed by atoms with Crippen molar-refractivity contribution in [2.75, 3.05) is 6.54 Å². The van der Waals surface area contributed by atoms with Crippen LogP contribution in [0.5, 0.6) is 0 Å². The van der Waals surface area contributed by atoms with Gasteiger partial charge in [0.25, 0.3) is 11.8 Å². The molecule has 1 aromatic carbocycles. The highest BCUT2D eigenvalue weighted by Crippen LogP contribution is 2.33. The minimum atomic E-state index is 0.461. The summed E-state index contributed by atoms with van der Waals surface area (Å²) < 4.78 is 13.7. The third kappa shape index (κ3) is 3.27. The molecule has 4 aromatic rings. The molecule has 0 amide bonds. The average molecular weight is 390 g/mol. The molecule has 0 radical (unpaired) electrons. The number of benzene rings is 1. The molecule has 1 saturated heterocycles. The number of aryl methyl sites for hydroxylation is 2. The lowest BCUT2D eigenvalue weighted by Gasteiger charge is -2.20. The maximum Gasteiger partial charge on any atom is 0.271 e. The van der Waals surface area contributed by atoms with Crippen LogP contribution in [0.1, 0.15) is 36.2 Å². The molecular weight excluding hydrogens is 366 g/mol. The maximum absolute atomic E-state index is 6.08. The largest absolute Gasteiger partial charge is 0.415 e. The number of likely N-dealkylation sites (tertiary alicyclic amines) is 1. The quantitative estimate of drug-likeness (QED) is 0.567. The summed E-state index contributed by atoms with van der Waals surface area (Å²) in [5.74, 6) is 1.79. The lowest BCUT2D eigenvalue weighted by atomic mass is 10.1.